The van der Waals surface area contributed by atoms with Crippen molar-refractivity contribution in [1.82, 2.24) is 0 Å². The van der Waals surface area contributed by atoms with Gasteiger partial charge < -0.3 is 0 Å². The van der Waals surface area contributed by atoms with Gasteiger partial charge in [-0.05, 0) is 12.1 Å². The van der Waals surface area contributed by atoms with Crippen molar-refractivity contribution in [3.63, 3.8) is 0 Å². The van der Waals surface area contributed by atoms with Crippen molar-refractivity contribution in [2.45, 2.75) is 0 Å². The molecule has 1 aromatic carbocycles. The zero-order valence-corrected chi connectivity index (χ0v) is 6.77. The molecule has 0 atom stereocenters. The molecule has 0 unspecified atom stereocenters. The van der Waals surface area contributed by atoms with Gasteiger partial charge in [0.05, 0.1) is 11.9 Å². The van der Waals surface area contributed by atoms with Gasteiger partial charge in [0.25, 0.3) is 0 Å². The molecule has 11 heavy (non-hydrogen) atoms. The molecular formula is C9H7NS. The van der Waals surface area contributed by atoms with E-state index in [9.17, 15) is 0 Å². The van der Waals surface area contributed by atoms with Gasteiger partial charge in [-0.15, -0.1) is 0 Å². The van der Waals surface area contributed by atoms with Gasteiger partial charge >= 0.3 is 0 Å². The number of para-hydroxylation sites is 1. The summed E-state index contributed by atoms with van der Waals surface area (Å²) in [5.41, 5.74) is 0. The average molecular weight is 161 g/mol. The van der Waals surface area contributed by atoms with Gasteiger partial charge in [-0.2, -0.15) is 0 Å². The fourth-order valence-electron chi connectivity index (χ4n) is 1.14. The Morgan fingerprint density at radius 3 is 3.00 bits per heavy atom. The molecular weight excluding hydrogens is 154 g/mol. The fourth-order valence-corrected chi connectivity index (χ4v) is 1.33. The number of fused-ring (bicyclic) bond motifs is 1. The van der Waals surface area contributed by atoms with Gasteiger partial charge in [0, 0.05) is 10.1 Å². The monoisotopic (exact) mass is 161 g/mol. The molecule has 1 aromatic rings. The third kappa shape index (κ3) is 1.21. The number of rotatable bonds is 0. The van der Waals surface area contributed by atoms with E-state index in [0.717, 1.165) is 15.4 Å². The van der Waals surface area contributed by atoms with E-state index in [0.29, 0.717) is 6.54 Å². The lowest BCUT2D eigenvalue weighted by atomic mass is 10.2. The molecule has 1 aliphatic heterocycles. The van der Waals surface area contributed by atoms with Crippen molar-refractivity contribution in [2.24, 2.45) is 4.99 Å². The number of thiocarbonyl (C=S) groups is 1. The Labute approximate surface area is 70.1 Å². The first kappa shape index (κ1) is 6.68. The third-order valence-electron chi connectivity index (χ3n) is 1.66. The van der Waals surface area contributed by atoms with E-state index in [-0.39, 0.29) is 0 Å². The first-order chi connectivity index (χ1) is 5.36. The molecule has 0 saturated carbocycles. The average Bonchev–Trinajstić information content (AvgIpc) is 2.04. The molecule has 0 spiro atoms. The van der Waals surface area contributed by atoms with Gasteiger partial charge in [0.2, 0.25) is 0 Å². The Hall–Kier alpha value is -1.02. The quantitative estimate of drug-likeness (QED) is 0.504. The van der Waals surface area contributed by atoms with Gasteiger partial charge in [0.15, 0.2) is 0 Å². The van der Waals surface area contributed by atoms with E-state index < -0.39 is 0 Å². The SMILES string of the molecule is S=C1C=c2ccccc2=NC1. The second-order valence-electron chi connectivity index (χ2n) is 2.49. The standard InChI is InChI=1S/C9H7NS/c11-8-5-7-3-1-2-4-9(7)10-6-8/h1-5H,6H2. The lowest BCUT2D eigenvalue weighted by Gasteiger charge is -1.98. The Kier molecular flexibility index (Phi) is 1.55. The minimum Gasteiger partial charge on any atom is -0.279 e. The van der Waals surface area contributed by atoms with E-state index in [2.05, 4.69) is 4.99 Å². The van der Waals surface area contributed by atoms with E-state index in [1.807, 2.05) is 30.3 Å². The van der Waals surface area contributed by atoms with E-state index in [1.165, 1.54) is 0 Å². The number of hydrogen-bond acceptors (Lipinski definition) is 2. The van der Waals surface area contributed by atoms with Crippen molar-refractivity contribution in [1.29, 1.82) is 0 Å². The Bertz CT molecular complexity index is 406. The smallest absolute Gasteiger partial charge is 0.0748 e. The van der Waals surface area contributed by atoms with Crippen LogP contribution in [0.3, 0.4) is 0 Å². The van der Waals surface area contributed by atoms with Crippen molar-refractivity contribution in [3.8, 4) is 0 Å². The molecule has 0 aliphatic carbocycles. The maximum Gasteiger partial charge on any atom is 0.0748 e. The Morgan fingerprint density at radius 1 is 1.27 bits per heavy atom. The Balaban J connectivity index is 2.83. The second kappa shape index (κ2) is 2.55. The molecule has 0 bridgehead atoms. The van der Waals surface area contributed by atoms with Crippen LogP contribution < -0.4 is 10.6 Å². The summed E-state index contributed by atoms with van der Waals surface area (Å²) >= 11 is 5.03. The number of nitrogens with zero attached hydrogens (tertiary/aromatic N) is 1. The summed E-state index contributed by atoms with van der Waals surface area (Å²) in [4.78, 5) is 5.22. The minimum atomic E-state index is 0.673. The predicted molar refractivity (Wildman–Crippen MR) is 49.2 cm³/mol. The van der Waals surface area contributed by atoms with Crippen LogP contribution in [-0.4, -0.2) is 11.4 Å². The predicted octanol–water partition coefficient (Wildman–Crippen LogP) is 0.470. The zero-order valence-electron chi connectivity index (χ0n) is 5.95. The minimum absolute atomic E-state index is 0.673. The van der Waals surface area contributed by atoms with Crippen molar-refractivity contribution in [3.05, 3.63) is 34.8 Å². The van der Waals surface area contributed by atoms with Crippen LogP contribution in [0.2, 0.25) is 0 Å². The zero-order chi connectivity index (χ0) is 7.68. The molecule has 1 nitrogen and oxygen atoms in total. The lowest BCUT2D eigenvalue weighted by Crippen LogP contribution is -2.30. The van der Waals surface area contributed by atoms with Crippen LogP contribution in [0.5, 0.6) is 0 Å². The molecule has 0 saturated heterocycles. The lowest BCUT2D eigenvalue weighted by molar-refractivity contribution is 1.17. The van der Waals surface area contributed by atoms with Crippen molar-refractivity contribution in [2.75, 3.05) is 6.54 Å². The first-order valence-corrected chi connectivity index (χ1v) is 3.91. The van der Waals surface area contributed by atoms with Crippen molar-refractivity contribution < 1.29 is 0 Å². The highest BCUT2D eigenvalue weighted by Crippen LogP contribution is 1.85. The molecule has 0 aromatic heterocycles. The fraction of sp³-hybridized carbons (Fsp3) is 0.111. The summed E-state index contributed by atoms with van der Waals surface area (Å²) in [5.74, 6) is 0. The summed E-state index contributed by atoms with van der Waals surface area (Å²) in [6.45, 7) is 0.673. The molecule has 0 N–H and O–H groups in total. The van der Waals surface area contributed by atoms with Gasteiger partial charge in [0.1, 0.15) is 0 Å². The maximum atomic E-state index is 5.03. The highest BCUT2D eigenvalue weighted by atomic mass is 32.1. The molecule has 0 fully saturated rings. The molecule has 0 amide bonds. The van der Waals surface area contributed by atoms with Gasteiger partial charge in [-0.25, -0.2) is 0 Å². The molecule has 2 heteroatoms. The van der Waals surface area contributed by atoms with Crippen LogP contribution in [0, 0.1) is 0 Å². The summed E-state index contributed by atoms with van der Waals surface area (Å²) in [6, 6.07) is 8.03. The maximum absolute atomic E-state index is 5.03. The first-order valence-electron chi connectivity index (χ1n) is 3.50. The summed E-state index contributed by atoms with van der Waals surface area (Å²) in [7, 11) is 0. The summed E-state index contributed by atoms with van der Waals surface area (Å²) < 4.78 is 0. The number of benzene rings is 1. The number of hydrogen-bond donors (Lipinski definition) is 0. The molecule has 0 radical (unpaired) electrons. The highest BCUT2D eigenvalue weighted by molar-refractivity contribution is 7.81. The van der Waals surface area contributed by atoms with Crippen molar-refractivity contribution >= 4 is 23.2 Å². The summed E-state index contributed by atoms with van der Waals surface area (Å²) in [5, 5.41) is 2.20. The molecule has 54 valence electrons. The highest BCUT2D eigenvalue weighted by Gasteiger charge is 1.96. The third-order valence-corrected chi connectivity index (χ3v) is 1.91. The molecule has 1 heterocycles. The topological polar surface area (TPSA) is 12.4 Å². The van der Waals surface area contributed by atoms with Crippen LogP contribution in [0.25, 0.3) is 6.08 Å². The summed E-state index contributed by atoms with van der Waals surface area (Å²) in [6.07, 6.45) is 2.01. The van der Waals surface area contributed by atoms with Crippen LogP contribution in [0.1, 0.15) is 0 Å². The van der Waals surface area contributed by atoms with Gasteiger partial charge in [-0.1, -0.05) is 30.4 Å². The van der Waals surface area contributed by atoms with E-state index in [4.69, 9.17) is 12.2 Å². The van der Waals surface area contributed by atoms with Crippen LogP contribution >= 0.6 is 12.2 Å². The molecule has 1 aliphatic rings. The van der Waals surface area contributed by atoms with Crippen LogP contribution in [-0.2, 0) is 0 Å². The Morgan fingerprint density at radius 2 is 2.09 bits per heavy atom. The van der Waals surface area contributed by atoms with E-state index in [1.54, 1.807) is 0 Å². The normalized spacial score (nSPS) is 14.7. The largest absolute Gasteiger partial charge is 0.279 e. The van der Waals surface area contributed by atoms with Crippen LogP contribution in [0.4, 0.5) is 0 Å². The van der Waals surface area contributed by atoms with E-state index >= 15 is 0 Å². The molecule has 2 rings (SSSR count). The second-order valence-corrected chi connectivity index (χ2v) is 3.01. The van der Waals surface area contributed by atoms with Crippen LogP contribution in [0.15, 0.2) is 29.3 Å². The van der Waals surface area contributed by atoms with Gasteiger partial charge in [-0.3, -0.25) is 4.99 Å².